The summed E-state index contributed by atoms with van der Waals surface area (Å²) >= 11 is 12.7. The van der Waals surface area contributed by atoms with Crippen molar-refractivity contribution in [1.82, 2.24) is 4.90 Å². The summed E-state index contributed by atoms with van der Waals surface area (Å²) in [5.74, 6) is 2.34. The number of carbonyl (C=O) groups excluding carboxylic acids is 2. The first kappa shape index (κ1) is 113. The van der Waals surface area contributed by atoms with Gasteiger partial charge in [-0.3, -0.25) is 9.59 Å². The number of aromatic carboxylic acids is 1. The average molecular weight is 2370 g/mol. The molecule has 2 heterocycles. The third kappa shape index (κ3) is 29.6. The normalized spacial score (nSPS) is 23.6. The number of nitrogens with zero attached hydrogens (tertiary/aromatic N) is 1. The third-order valence-corrected chi connectivity index (χ3v) is 33.3. The van der Waals surface area contributed by atoms with Crippen molar-refractivity contribution in [2.45, 2.75) is 301 Å². The number of esters is 1. The number of alkyl halides is 12. The maximum atomic E-state index is 14.2. The molecule has 2 bridgehead atoms. The Kier molecular flexibility index (Phi) is 38.0. The summed E-state index contributed by atoms with van der Waals surface area (Å²) in [4.78, 5) is 49.5. The zero-order chi connectivity index (χ0) is 107. The van der Waals surface area contributed by atoms with Crippen LogP contribution in [-0.2, 0) is 34.2 Å². The lowest BCUT2D eigenvalue weighted by Gasteiger charge is -2.48. The molecule has 798 valence electrons. The van der Waals surface area contributed by atoms with Crippen LogP contribution in [-0.4, -0.2) is 94.7 Å². The van der Waals surface area contributed by atoms with Gasteiger partial charge < -0.3 is 48.3 Å². The minimum absolute atomic E-state index is 0.0190. The van der Waals surface area contributed by atoms with Crippen LogP contribution in [0.3, 0.4) is 0 Å². The quantitative estimate of drug-likeness (QED) is 0.0531. The molecule has 8 aliphatic rings. The van der Waals surface area contributed by atoms with Gasteiger partial charge in [0.25, 0.3) is 5.91 Å². The number of amides is 1. The Labute approximate surface area is 900 Å². The molecule has 0 aromatic heterocycles. The molecule has 2 atom stereocenters. The molecule has 2 aliphatic heterocycles. The topological polar surface area (TPSA) is 177 Å². The monoisotopic (exact) mass is 2370 g/mol. The van der Waals surface area contributed by atoms with Gasteiger partial charge in [0.15, 0.2) is 0 Å². The van der Waals surface area contributed by atoms with E-state index in [4.69, 9.17) is 33.5 Å². The second-order valence-electron chi connectivity index (χ2n) is 42.1. The Hall–Kier alpha value is -9.79. The highest BCUT2D eigenvalue weighted by molar-refractivity contribution is 14.1. The summed E-state index contributed by atoms with van der Waals surface area (Å²) in [6, 6.07) is 51.8. The van der Waals surface area contributed by atoms with E-state index in [-0.39, 0.29) is 103 Å². The summed E-state index contributed by atoms with van der Waals surface area (Å²) in [6.45, 7) is 13.3. The zero-order valence-electron chi connectivity index (χ0n) is 84.4. The highest BCUT2D eigenvalue weighted by atomic mass is 127. The number of halogens is 16. The number of rotatable bonds is 16. The second-order valence-corrected chi connectivity index (χ2v) is 45.9. The number of benzene rings is 12. The Balaban J connectivity index is 0.000000135. The van der Waals surface area contributed by atoms with Gasteiger partial charge in [-0.1, -0.05) is 162 Å². The molecular formula is C119H127Br3F12INO13. The molecule has 12 aromatic rings. The Morgan fingerprint density at radius 3 is 0.926 bits per heavy atom. The highest BCUT2D eigenvalue weighted by Crippen LogP contribution is 2.51. The smallest absolute Gasteiger partial charge is 0.420 e. The van der Waals surface area contributed by atoms with Crippen molar-refractivity contribution >= 4 is 159 Å². The standard InChI is InChI=1S/C28H32F3NO4.C20H21F3O3.C19H19F3O3.C18H18BrF3O.C17H18BrIO.C17H19BrO/c1-16-5-9-22(10-6-16)36-24-12-8-17-13-18(7-11-23(17)25(24)28(29,30)31)26(33)32-20-3-2-4-21(32)15-19(14-20)27(34)35;1-12-3-7-15(8-4-12)26-17-10-6-13-11-14(19(24)25-2)5-9-16(13)18(17)20(21,22)23;1-11-2-6-14(7-3-11)25-16-9-5-12-10-13(18(23)24)4-8-15(12)17(16)19(20,21)22;1-11-2-6-14(7-3-11)23-16-9-4-12-10-13(19)5-8-15(12)17(16)18(20,21)22;1-11-2-6-14(7-3-11)20-16-9-4-12-10-13(18)5-8-15(12)17(16)19;1-12-2-7-16(8-3-12)19-17-9-5-13-10-15(18)6-4-14(13)11-17/h7-8,11-13,16,19-22H,2-6,9-10,14-15H2,1H3,(H,34,35);5-6,9-12,15H,3-4,7-8H2,1-2H3;4-5,8-11,14H,2-3,6-7H2,1H3,(H,23,24);4-5,8-11,14H,2-3,6-7H2,1H3;4-5,8-11,14H,2-3,6-7H2,1H3;4-6,9-12,16H,2-3,7-8H2,1H3. The van der Waals surface area contributed by atoms with Crippen molar-refractivity contribution in [3.63, 3.8) is 0 Å². The minimum Gasteiger partial charge on any atom is -0.490 e. The summed E-state index contributed by atoms with van der Waals surface area (Å²) in [6.07, 6.45) is 8.93. The molecule has 12 aromatic carbocycles. The molecule has 6 aliphatic carbocycles. The molecule has 14 nitrogen and oxygen atoms in total. The van der Waals surface area contributed by atoms with Crippen LogP contribution in [0.2, 0.25) is 0 Å². The van der Waals surface area contributed by atoms with E-state index < -0.39 is 70.8 Å². The predicted molar refractivity (Wildman–Crippen MR) is 578 cm³/mol. The van der Waals surface area contributed by atoms with E-state index >= 15 is 0 Å². The fourth-order valence-electron chi connectivity index (χ4n) is 22.1. The number of carboxylic acid groups (broad SMARTS) is 2. The number of methoxy groups -OCH3 is 1. The first-order valence-electron chi connectivity index (χ1n) is 52.0. The summed E-state index contributed by atoms with van der Waals surface area (Å²) < 4.78 is 210. The maximum Gasteiger partial charge on any atom is 0.420 e. The predicted octanol–water partition coefficient (Wildman–Crippen LogP) is 36.1. The van der Waals surface area contributed by atoms with E-state index in [0.29, 0.717) is 70.4 Å². The van der Waals surface area contributed by atoms with Gasteiger partial charge in [-0.25, -0.2) is 9.59 Å². The van der Waals surface area contributed by atoms with E-state index in [0.717, 1.165) is 159 Å². The van der Waals surface area contributed by atoms with Crippen LogP contribution in [0.15, 0.2) is 201 Å². The van der Waals surface area contributed by atoms with Crippen LogP contribution in [0.25, 0.3) is 64.6 Å². The number of aliphatic carboxylic acids is 1. The van der Waals surface area contributed by atoms with Gasteiger partial charge in [0.1, 0.15) is 56.8 Å². The second kappa shape index (κ2) is 50.0. The number of ether oxygens (including phenoxy) is 7. The van der Waals surface area contributed by atoms with Crippen molar-refractivity contribution < 1.29 is 115 Å². The summed E-state index contributed by atoms with van der Waals surface area (Å²) in [5.41, 5.74) is -2.58. The van der Waals surface area contributed by atoms with Gasteiger partial charge in [0.2, 0.25) is 0 Å². The van der Waals surface area contributed by atoms with Gasteiger partial charge in [0, 0.05) is 31.1 Å². The van der Waals surface area contributed by atoms with Crippen molar-refractivity contribution in [3.05, 3.63) is 244 Å². The first-order chi connectivity index (χ1) is 70.8. The molecule has 20 rings (SSSR count). The molecule has 0 radical (unpaired) electrons. The van der Waals surface area contributed by atoms with Crippen LogP contribution < -0.4 is 28.4 Å². The van der Waals surface area contributed by atoms with Crippen LogP contribution in [0.4, 0.5) is 52.7 Å². The van der Waals surface area contributed by atoms with Crippen molar-refractivity contribution in [2.75, 3.05) is 7.11 Å². The molecule has 6 saturated carbocycles. The van der Waals surface area contributed by atoms with Gasteiger partial charge in [0.05, 0.1) is 64.3 Å². The molecule has 8 fully saturated rings. The Morgan fingerprint density at radius 1 is 0.309 bits per heavy atom. The van der Waals surface area contributed by atoms with Crippen LogP contribution >= 0.6 is 70.4 Å². The lowest BCUT2D eigenvalue weighted by molar-refractivity contribution is -0.145. The summed E-state index contributed by atoms with van der Waals surface area (Å²) in [7, 11) is 1.23. The molecule has 2 unspecified atom stereocenters. The van der Waals surface area contributed by atoms with E-state index in [1.165, 1.54) is 175 Å². The van der Waals surface area contributed by atoms with Gasteiger partial charge in [-0.2, -0.15) is 52.7 Å². The van der Waals surface area contributed by atoms with Gasteiger partial charge in [-0.15, -0.1) is 0 Å². The average Bonchev–Trinajstić information content (AvgIpc) is 0.766. The van der Waals surface area contributed by atoms with E-state index in [9.17, 15) is 77.0 Å². The fourth-order valence-corrected chi connectivity index (χ4v) is 24.1. The molecular weight excluding hydrogens is 2250 g/mol. The molecule has 2 N–H and O–H groups in total. The lowest BCUT2D eigenvalue weighted by Crippen LogP contribution is -2.55. The minimum atomic E-state index is -4.60. The number of hydrogen-bond acceptors (Lipinski definition) is 11. The summed E-state index contributed by atoms with van der Waals surface area (Å²) in [5, 5.41) is 25.1. The van der Waals surface area contributed by atoms with Crippen molar-refractivity contribution in [3.8, 4) is 34.5 Å². The Morgan fingerprint density at radius 2 is 0.577 bits per heavy atom. The largest absolute Gasteiger partial charge is 0.490 e. The van der Waals surface area contributed by atoms with Gasteiger partial charge >= 0.3 is 42.6 Å². The number of carbonyl (C=O) groups is 4. The maximum absolute atomic E-state index is 14.2. The molecule has 1 amide bonds. The third-order valence-electron chi connectivity index (χ3n) is 30.7. The first-order valence-corrected chi connectivity index (χ1v) is 55.5. The van der Waals surface area contributed by atoms with E-state index in [1.54, 1.807) is 35.2 Å². The highest BCUT2D eigenvalue weighted by Gasteiger charge is 2.46. The number of fused-ring (bicyclic) bond motifs is 8. The number of hydrogen-bond donors (Lipinski definition) is 2. The lowest BCUT2D eigenvalue weighted by atomic mass is 9.78. The number of piperidine rings is 2. The van der Waals surface area contributed by atoms with Crippen molar-refractivity contribution in [2.24, 2.45) is 41.4 Å². The zero-order valence-corrected chi connectivity index (χ0v) is 91.4. The Bertz CT molecular complexity index is 6680. The molecule has 149 heavy (non-hydrogen) atoms. The SMILES string of the molecule is CC1CCC(Oc2ccc3cc(Br)ccc3c2)CC1.CC1CCC(Oc2ccc3cc(Br)ccc3c2C(F)(F)F)CC1.CC1CCC(Oc2ccc3cc(Br)ccc3c2I)CC1.CC1CCC(Oc2ccc3cc(C(=O)N4C5CCCC4CC(C(=O)O)C5)ccc3c2C(F)(F)F)CC1.CC1CCC(Oc2ccc3cc(C(=O)O)ccc3c2C(F)(F)F)CC1.COC(=O)c1ccc2c(C(F)(F)F)c(OC3CCC(C)CC3)ccc2c1. The fraction of sp³-hybridized carbons (Fsp3) is 0.462. The molecule has 2 saturated heterocycles. The van der Waals surface area contributed by atoms with Crippen LogP contribution in [0, 0.1) is 45.0 Å². The number of carboxylic acids is 2. The van der Waals surface area contributed by atoms with Crippen LogP contribution in [0.5, 0.6) is 34.5 Å². The van der Waals surface area contributed by atoms with E-state index in [2.05, 4.69) is 183 Å². The molecule has 30 heteroatoms. The van der Waals surface area contributed by atoms with E-state index in [1.807, 2.05) is 0 Å². The van der Waals surface area contributed by atoms with Crippen LogP contribution in [0.1, 0.15) is 281 Å². The van der Waals surface area contributed by atoms with Crippen molar-refractivity contribution in [1.29, 1.82) is 0 Å². The molecule has 0 spiro atoms. The van der Waals surface area contributed by atoms with Gasteiger partial charge in [-0.05, 0) is 424 Å².